The van der Waals surface area contributed by atoms with Gasteiger partial charge in [-0.25, -0.2) is 9.97 Å². The summed E-state index contributed by atoms with van der Waals surface area (Å²) in [6, 6.07) is 9.17. The van der Waals surface area contributed by atoms with Gasteiger partial charge in [-0.3, -0.25) is 4.79 Å². The molecule has 6 heteroatoms. The van der Waals surface area contributed by atoms with Crippen molar-refractivity contribution >= 4 is 33.3 Å². The van der Waals surface area contributed by atoms with Crippen LogP contribution in [0.1, 0.15) is 30.3 Å². The van der Waals surface area contributed by atoms with Gasteiger partial charge in [-0.15, -0.1) is 0 Å². The Balaban J connectivity index is 2.12. The van der Waals surface area contributed by atoms with Gasteiger partial charge in [0.05, 0.1) is 5.69 Å². The first kappa shape index (κ1) is 16.4. The number of amides is 1. The molecule has 1 aromatic heterocycles. The summed E-state index contributed by atoms with van der Waals surface area (Å²) >= 11 is 3.41. The normalized spacial score (nSPS) is 10.3. The molecule has 0 spiro atoms. The molecule has 1 N–H and O–H groups in total. The van der Waals surface area contributed by atoms with Crippen molar-refractivity contribution in [1.29, 1.82) is 0 Å². The number of rotatable bonds is 6. The summed E-state index contributed by atoms with van der Waals surface area (Å²) in [5.74, 6) is 0.500. The van der Waals surface area contributed by atoms with E-state index < -0.39 is 0 Å². The predicted molar refractivity (Wildman–Crippen MR) is 92.3 cm³/mol. The molecule has 0 aliphatic carbocycles. The molecule has 1 aromatic carbocycles. The summed E-state index contributed by atoms with van der Waals surface area (Å²) in [6.45, 7) is 3.04. The molecular formula is C16H19BrN4O. The second kappa shape index (κ2) is 7.89. The number of unbranched alkanes of at least 4 members (excludes halogenated alkanes) is 1. The van der Waals surface area contributed by atoms with E-state index in [-0.39, 0.29) is 5.91 Å². The fourth-order valence-electron chi connectivity index (χ4n) is 1.94. The minimum absolute atomic E-state index is 0.251. The van der Waals surface area contributed by atoms with Crippen LogP contribution in [0, 0.1) is 0 Å². The van der Waals surface area contributed by atoms with Gasteiger partial charge in [0, 0.05) is 24.1 Å². The van der Waals surface area contributed by atoms with Gasteiger partial charge in [0.1, 0.15) is 17.8 Å². The molecule has 0 radical (unpaired) electrons. The number of hydrogen-bond acceptors (Lipinski definition) is 4. The van der Waals surface area contributed by atoms with Gasteiger partial charge in [-0.1, -0.05) is 25.5 Å². The standard InChI is InChI=1S/C16H19BrN4O/c1-3-4-9-21(2)15-10-14(18-11-19-15)16(22)20-13-8-6-5-7-12(13)17/h5-8,10-11H,3-4,9H2,1-2H3,(H,20,22). The van der Waals surface area contributed by atoms with Crippen LogP contribution in [-0.2, 0) is 0 Å². The number of nitrogens with zero attached hydrogens (tertiary/aromatic N) is 3. The van der Waals surface area contributed by atoms with Gasteiger partial charge in [0.2, 0.25) is 0 Å². The van der Waals surface area contributed by atoms with Crippen LogP contribution in [0.2, 0.25) is 0 Å². The molecule has 0 unspecified atom stereocenters. The molecule has 1 heterocycles. The zero-order chi connectivity index (χ0) is 15.9. The van der Waals surface area contributed by atoms with Crippen molar-refractivity contribution in [2.45, 2.75) is 19.8 Å². The number of halogens is 1. The lowest BCUT2D eigenvalue weighted by Crippen LogP contribution is -2.21. The first-order valence-corrected chi connectivity index (χ1v) is 8.00. The summed E-state index contributed by atoms with van der Waals surface area (Å²) in [4.78, 5) is 22.6. The number of para-hydroxylation sites is 1. The number of nitrogens with one attached hydrogen (secondary N) is 1. The van der Waals surface area contributed by atoms with Crippen LogP contribution in [0.5, 0.6) is 0 Å². The summed E-state index contributed by atoms with van der Waals surface area (Å²) in [7, 11) is 1.97. The minimum atomic E-state index is -0.251. The SMILES string of the molecule is CCCCN(C)c1cc(C(=O)Nc2ccccc2Br)ncn1. The second-order valence-corrected chi connectivity index (χ2v) is 5.82. The number of aromatic nitrogens is 2. The van der Waals surface area contributed by atoms with Crippen molar-refractivity contribution in [1.82, 2.24) is 9.97 Å². The van der Waals surface area contributed by atoms with Crippen molar-refractivity contribution in [3.8, 4) is 0 Å². The van der Waals surface area contributed by atoms with Gasteiger partial charge >= 0.3 is 0 Å². The third-order valence-corrected chi connectivity index (χ3v) is 3.94. The molecule has 2 rings (SSSR count). The fourth-order valence-corrected chi connectivity index (χ4v) is 2.32. The van der Waals surface area contributed by atoms with E-state index in [2.05, 4.69) is 38.1 Å². The van der Waals surface area contributed by atoms with Crippen molar-refractivity contribution in [2.24, 2.45) is 0 Å². The van der Waals surface area contributed by atoms with Crippen LogP contribution in [0.3, 0.4) is 0 Å². The van der Waals surface area contributed by atoms with Crippen LogP contribution in [0.15, 0.2) is 41.1 Å². The quantitative estimate of drug-likeness (QED) is 0.850. The Hall–Kier alpha value is -1.95. The highest BCUT2D eigenvalue weighted by atomic mass is 79.9. The van der Waals surface area contributed by atoms with E-state index in [0.717, 1.165) is 29.7 Å². The Kier molecular flexibility index (Phi) is 5.89. The predicted octanol–water partition coefficient (Wildman–Crippen LogP) is 3.73. The molecule has 0 aliphatic heterocycles. The molecule has 0 fully saturated rings. The van der Waals surface area contributed by atoms with Crippen LogP contribution >= 0.6 is 15.9 Å². The van der Waals surface area contributed by atoms with Gasteiger partial charge in [0.15, 0.2) is 0 Å². The molecule has 0 saturated carbocycles. The highest BCUT2D eigenvalue weighted by Gasteiger charge is 2.12. The number of anilines is 2. The molecule has 0 saturated heterocycles. The molecule has 116 valence electrons. The summed E-state index contributed by atoms with van der Waals surface area (Å²) in [5, 5.41) is 2.84. The maximum absolute atomic E-state index is 12.3. The lowest BCUT2D eigenvalue weighted by Gasteiger charge is -2.17. The average molecular weight is 363 g/mol. The van der Waals surface area contributed by atoms with E-state index in [1.54, 1.807) is 6.07 Å². The zero-order valence-electron chi connectivity index (χ0n) is 12.7. The van der Waals surface area contributed by atoms with Crippen LogP contribution < -0.4 is 10.2 Å². The van der Waals surface area contributed by atoms with Crippen molar-refractivity contribution < 1.29 is 4.79 Å². The highest BCUT2D eigenvalue weighted by molar-refractivity contribution is 9.10. The van der Waals surface area contributed by atoms with E-state index >= 15 is 0 Å². The van der Waals surface area contributed by atoms with Crippen molar-refractivity contribution in [3.05, 3.63) is 46.8 Å². The van der Waals surface area contributed by atoms with Crippen LogP contribution in [0.4, 0.5) is 11.5 Å². The first-order chi connectivity index (χ1) is 10.6. The summed E-state index contributed by atoms with van der Waals surface area (Å²) < 4.78 is 0.831. The lowest BCUT2D eigenvalue weighted by molar-refractivity contribution is 0.102. The number of carbonyl (C=O) groups excluding carboxylic acids is 1. The third kappa shape index (κ3) is 4.27. The largest absolute Gasteiger partial charge is 0.360 e. The molecule has 0 bridgehead atoms. The fraction of sp³-hybridized carbons (Fsp3) is 0.312. The van der Waals surface area contributed by atoms with Gasteiger partial charge in [0.25, 0.3) is 5.91 Å². The topological polar surface area (TPSA) is 58.1 Å². The average Bonchev–Trinajstić information content (AvgIpc) is 2.54. The Morgan fingerprint density at radius 1 is 1.32 bits per heavy atom. The van der Waals surface area contributed by atoms with E-state index in [1.165, 1.54) is 6.33 Å². The molecule has 22 heavy (non-hydrogen) atoms. The van der Waals surface area contributed by atoms with Crippen LogP contribution in [0.25, 0.3) is 0 Å². The lowest BCUT2D eigenvalue weighted by atomic mass is 10.3. The Morgan fingerprint density at radius 2 is 2.09 bits per heavy atom. The molecule has 5 nitrogen and oxygen atoms in total. The molecule has 1 amide bonds. The zero-order valence-corrected chi connectivity index (χ0v) is 14.3. The van der Waals surface area contributed by atoms with Gasteiger partial charge < -0.3 is 10.2 Å². The number of hydrogen-bond donors (Lipinski definition) is 1. The Bertz CT molecular complexity index is 648. The van der Waals surface area contributed by atoms with Gasteiger partial charge in [-0.05, 0) is 34.5 Å². The van der Waals surface area contributed by atoms with E-state index in [1.807, 2.05) is 36.2 Å². The van der Waals surface area contributed by atoms with Crippen molar-refractivity contribution in [2.75, 3.05) is 23.8 Å². The molecule has 2 aromatic rings. The molecular weight excluding hydrogens is 344 g/mol. The minimum Gasteiger partial charge on any atom is -0.360 e. The smallest absolute Gasteiger partial charge is 0.274 e. The first-order valence-electron chi connectivity index (χ1n) is 7.21. The summed E-state index contributed by atoms with van der Waals surface area (Å²) in [5.41, 5.74) is 1.07. The van der Waals surface area contributed by atoms with E-state index in [4.69, 9.17) is 0 Å². The van der Waals surface area contributed by atoms with Gasteiger partial charge in [-0.2, -0.15) is 0 Å². The number of carbonyl (C=O) groups is 1. The Morgan fingerprint density at radius 3 is 2.82 bits per heavy atom. The Labute approximate surface area is 138 Å². The maximum Gasteiger partial charge on any atom is 0.274 e. The molecule has 0 aliphatic rings. The summed E-state index contributed by atoms with van der Waals surface area (Å²) in [6.07, 6.45) is 3.62. The monoisotopic (exact) mass is 362 g/mol. The van der Waals surface area contributed by atoms with Crippen molar-refractivity contribution in [3.63, 3.8) is 0 Å². The number of benzene rings is 1. The highest BCUT2D eigenvalue weighted by Crippen LogP contribution is 2.22. The maximum atomic E-state index is 12.3. The second-order valence-electron chi connectivity index (χ2n) is 4.97. The molecule has 0 atom stereocenters. The van der Waals surface area contributed by atoms with E-state index in [0.29, 0.717) is 11.4 Å². The van der Waals surface area contributed by atoms with Crippen LogP contribution in [-0.4, -0.2) is 29.5 Å². The third-order valence-electron chi connectivity index (χ3n) is 3.25. The van der Waals surface area contributed by atoms with E-state index in [9.17, 15) is 4.79 Å².